The molecule has 0 amide bonds. The molecule has 78 valence electrons. The highest BCUT2D eigenvalue weighted by Crippen LogP contribution is 2.20. The van der Waals surface area contributed by atoms with Crippen LogP contribution in [-0.4, -0.2) is 28.5 Å². The molecule has 2 unspecified atom stereocenters. The molecular formula is C9H11ClO4. The van der Waals surface area contributed by atoms with Gasteiger partial charge in [-0.1, -0.05) is 0 Å². The molecule has 4 nitrogen and oxygen atoms in total. The normalized spacial score (nSPS) is 15.1. The van der Waals surface area contributed by atoms with Gasteiger partial charge in [-0.3, -0.25) is 4.79 Å². The molecule has 0 saturated carbocycles. The van der Waals surface area contributed by atoms with Gasteiger partial charge in [0.15, 0.2) is 12.0 Å². The van der Waals surface area contributed by atoms with Crippen LogP contribution in [0.25, 0.3) is 0 Å². The summed E-state index contributed by atoms with van der Waals surface area (Å²) in [5.41, 5.74) is 0. The predicted octanol–water partition coefficient (Wildman–Crippen LogP) is 1.12. The summed E-state index contributed by atoms with van der Waals surface area (Å²) in [6.45, 7) is 0. The van der Waals surface area contributed by atoms with E-state index in [9.17, 15) is 15.0 Å². The van der Waals surface area contributed by atoms with Gasteiger partial charge in [0.2, 0.25) is 0 Å². The van der Waals surface area contributed by atoms with E-state index >= 15 is 0 Å². The van der Waals surface area contributed by atoms with Crippen LogP contribution < -0.4 is 0 Å². The number of aliphatic hydroxyl groups excluding tert-OH is 2. The second-order valence-electron chi connectivity index (χ2n) is 2.85. The molecule has 1 rings (SSSR count). The highest BCUT2D eigenvalue weighted by molar-refractivity contribution is 6.17. The highest BCUT2D eigenvalue weighted by Gasteiger charge is 2.20. The molecule has 0 aliphatic carbocycles. The molecule has 1 heterocycles. The highest BCUT2D eigenvalue weighted by atomic mass is 35.5. The van der Waals surface area contributed by atoms with Gasteiger partial charge in [0, 0.05) is 5.88 Å². The van der Waals surface area contributed by atoms with E-state index in [0.717, 1.165) is 0 Å². The van der Waals surface area contributed by atoms with Gasteiger partial charge >= 0.3 is 0 Å². The van der Waals surface area contributed by atoms with Gasteiger partial charge < -0.3 is 14.6 Å². The maximum atomic E-state index is 10.3. The Hall–Kier alpha value is -0.840. The van der Waals surface area contributed by atoms with Crippen molar-refractivity contribution in [2.45, 2.75) is 18.6 Å². The molecule has 0 aliphatic heterocycles. The summed E-state index contributed by atoms with van der Waals surface area (Å²) in [7, 11) is 0. The Kier molecular flexibility index (Phi) is 4.13. The van der Waals surface area contributed by atoms with Gasteiger partial charge in [-0.15, -0.1) is 11.6 Å². The summed E-state index contributed by atoms with van der Waals surface area (Å²) in [4.78, 5) is 10.3. The molecule has 0 bridgehead atoms. The van der Waals surface area contributed by atoms with Crippen molar-refractivity contribution in [3.63, 3.8) is 0 Å². The van der Waals surface area contributed by atoms with E-state index in [0.29, 0.717) is 6.29 Å². The van der Waals surface area contributed by atoms with Crippen LogP contribution in [0, 0.1) is 0 Å². The van der Waals surface area contributed by atoms with Crippen molar-refractivity contribution in [1.29, 1.82) is 0 Å². The quantitative estimate of drug-likeness (QED) is 0.574. The number of aldehydes is 1. The largest absolute Gasteiger partial charge is 0.455 e. The van der Waals surface area contributed by atoms with Crippen molar-refractivity contribution >= 4 is 17.9 Å². The zero-order valence-corrected chi connectivity index (χ0v) is 8.15. The zero-order valence-electron chi connectivity index (χ0n) is 7.39. The first-order valence-electron chi connectivity index (χ1n) is 4.16. The molecule has 2 atom stereocenters. The van der Waals surface area contributed by atoms with E-state index < -0.39 is 12.2 Å². The van der Waals surface area contributed by atoms with Crippen LogP contribution in [0.4, 0.5) is 0 Å². The van der Waals surface area contributed by atoms with Crippen LogP contribution >= 0.6 is 11.6 Å². The Balaban J connectivity index is 2.67. The van der Waals surface area contributed by atoms with E-state index in [-0.39, 0.29) is 23.8 Å². The number of halogens is 1. The number of rotatable bonds is 5. The summed E-state index contributed by atoms with van der Waals surface area (Å²) in [5, 5.41) is 18.9. The van der Waals surface area contributed by atoms with Crippen LogP contribution in [0.1, 0.15) is 28.8 Å². The first kappa shape index (κ1) is 11.2. The number of aliphatic hydroxyl groups is 2. The van der Waals surface area contributed by atoms with Crippen LogP contribution in [0.15, 0.2) is 16.5 Å². The summed E-state index contributed by atoms with van der Waals surface area (Å²) in [6, 6.07) is 2.88. The van der Waals surface area contributed by atoms with E-state index in [1.165, 1.54) is 12.1 Å². The lowest BCUT2D eigenvalue weighted by Crippen LogP contribution is -2.18. The van der Waals surface area contributed by atoms with Crippen molar-refractivity contribution in [1.82, 2.24) is 0 Å². The Morgan fingerprint density at radius 3 is 2.71 bits per heavy atom. The fraction of sp³-hybridized carbons (Fsp3) is 0.444. The predicted molar refractivity (Wildman–Crippen MR) is 50.4 cm³/mol. The fourth-order valence-corrected chi connectivity index (χ4v) is 1.27. The maximum absolute atomic E-state index is 10.3. The van der Waals surface area contributed by atoms with Crippen molar-refractivity contribution in [3.05, 3.63) is 23.7 Å². The monoisotopic (exact) mass is 218 g/mol. The van der Waals surface area contributed by atoms with Gasteiger partial charge in [-0.25, -0.2) is 0 Å². The van der Waals surface area contributed by atoms with Crippen LogP contribution in [0.2, 0.25) is 0 Å². The number of furan rings is 1. The molecule has 0 aliphatic rings. The van der Waals surface area contributed by atoms with Crippen molar-refractivity contribution in [3.8, 4) is 0 Å². The summed E-state index contributed by atoms with van der Waals surface area (Å²) >= 11 is 5.40. The lowest BCUT2D eigenvalue weighted by molar-refractivity contribution is 0.00391. The lowest BCUT2D eigenvalue weighted by atomic mass is 10.1. The number of hydrogen-bond donors (Lipinski definition) is 2. The van der Waals surface area contributed by atoms with Crippen LogP contribution in [-0.2, 0) is 0 Å². The topological polar surface area (TPSA) is 70.7 Å². The zero-order chi connectivity index (χ0) is 10.6. The van der Waals surface area contributed by atoms with Gasteiger partial charge in [-0.05, 0) is 18.6 Å². The SMILES string of the molecule is O=Cc1ccc(C(O)C(O)CCCl)o1. The fourth-order valence-electron chi connectivity index (χ4n) is 1.05. The van der Waals surface area contributed by atoms with Gasteiger partial charge in [-0.2, -0.15) is 0 Å². The van der Waals surface area contributed by atoms with Gasteiger partial charge in [0.1, 0.15) is 11.9 Å². The summed E-state index contributed by atoms with van der Waals surface area (Å²) in [5.74, 6) is 0.543. The Morgan fingerprint density at radius 2 is 2.21 bits per heavy atom. The molecule has 1 aromatic heterocycles. The standard InChI is InChI=1S/C9H11ClO4/c10-4-3-7(12)9(13)8-2-1-6(5-11)14-8/h1-2,5,7,9,12-13H,3-4H2. The summed E-state index contributed by atoms with van der Waals surface area (Å²) < 4.78 is 4.94. The molecular weight excluding hydrogens is 208 g/mol. The van der Waals surface area contributed by atoms with Crippen molar-refractivity contribution in [2.75, 3.05) is 5.88 Å². The molecule has 0 fully saturated rings. The minimum Gasteiger partial charge on any atom is -0.455 e. The Bertz CT molecular complexity index is 297. The third-order valence-electron chi connectivity index (χ3n) is 1.82. The molecule has 0 aromatic carbocycles. The van der Waals surface area contributed by atoms with Crippen LogP contribution in [0.5, 0.6) is 0 Å². The summed E-state index contributed by atoms with van der Waals surface area (Å²) in [6.07, 6.45) is -1.31. The van der Waals surface area contributed by atoms with Gasteiger partial charge in [0.25, 0.3) is 0 Å². The number of alkyl halides is 1. The second-order valence-corrected chi connectivity index (χ2v) is 3.23. The van der Waals surface area contributed by atoms with E-state index in [1.807, 2.05) is 0 Å². The van der Waals surface area contributed by atoms with E-state index in [4.69, 9.17) is 16.0 Å². The second kappa shape index (κ2) is 5.14. The molecule has 14 heavy (non-hydrogen) atoms. The van der Waals surface area contributed by atoms with Crippen molar-refractivity contribution < 1.29 is 19.4 Å². The number of hydrogen-bond acceptors (Lipinski definition) is 4. The third kappa shape index (κ3) is 2.57. The minimum atomic E-state index is -1.14. The molecule has 0 radical (unpaired) electrons. The number of carbonyl (C=O) groups excluding carboxylic acids is 1. The number of carbonyl (C=O) groups is 1. The van der Waals surface area contributed by atoms with Crippen molar-refractivity contribution in [2.24, 2.45) is 0 Å². The Morgan fingerprint density at radius 1 is 1.50 bits per heavy atom. The first-order chi connectivity index (χ1) is 6.69. The molecule has 2 N–H and O–H groups in total. The molecule has 0 saturated heterocycles. The average molecular weight is 219 g/mol. The minimum absolute atomic E-state index is 0.122. The smallest absolute Gasteiger partial charge is 0.185 e. The van der Waals surface area contributed by atoms with E-state index in [1.54, 1.807) is 0 Å². The molecule has 1 aromatic rings. The Labute approximate surface area is 86.1 Å². The maximum Gasteiger partial charge on any atom is 0.185 e. The van der Waals surface area contributed by atoms with Gasteiger partial charge in [0.05, 0.1) is 6.10 Å². The van der Waals surface area contributed by atoms with Crippen LogP contribution in [0.3, 0.4) is 0 Å². The first-order valence-corrected chi connectivity index (χ1v) is 4.69. The average Bonchev–Trinajstić information content (AvgIpc) is 2.65. The molecule has 0 spiro atoms. The third-order valence-corrected chi connectivity index (χ3v) is 2.04. The lowest BCUT2D eigenvalue weighted by Gasteiger charge is -2.13. The van der Waals surface area contributed by atoms with E-state index in [2.05, 4.69) is 0 Å². The molecule has 5 heteroatoms.